The van der Waals surface area contributed by atoms with Gasteiger partial charge in [0.2, 0.25) is 0 Å². The first-order valence-electron chi connectivity index (χ1n) is 7.84. The summed E-state index contributed by atoms with van der Waals surface area (Å²) in [7, 11) is 0. The summed E-state index contributed by atoms with van der Waals surface area (Å²) in [5, 5.41) is 0. The number of anilines is 1. The summed E-state index contributed by atoms with van der Waals surface area (Å²) in [6, 6.07) is 1.90. The van der Waals surface area contributed by atoms with Crippen molar-refractivity contribution in [2.24, 2.45) is 5.92 Å². The minimum Gasteiger partial charge on any atom is -0.449 e. The van der Waals surface area contributed by atoms with Crippen molar-refractivity contribution >= 4 is 34.4 Å². The highest BCUT2D eigenvalue weighted by Gasteiger charge is 2.25. The van der Waals surface area contributed by atoms with Crippen molar-refractivity contribution in [3.05, 3.63) is 22.0 Å². The smallest absolute Gasteiger partial charge is 0.414 e. The van der Waals surface area contributed by atoms with Crippen LogP contribution in [-0.4, -0.2) is 37.4 Å². The molecule has 0 aromatic carbocycles. The van der Waals surface area contributed by atoms with Crippen LogP contribution >= 0.6 is 22.6 Å². The molecule has 122 valence electrons. The molecule has 22 heavy (non-hydrogen) atoms. The third kappa shape index (κ3) is 5.08. The molecule has 1 aromatic rings. The number of carbonyl (C=O) groups excluding carboxylic acids is 1. The Balaban J connectivity index is 2.09. The predicted octanol–water partition coefficient (Wildman–Crippen LogP) is 3.86. The number of rotatable bonds is 6. The van der Waals surface area contributed by atoms with Crippen LogP contribution in [0.1, 0.15) is 32.6 Å². The van der Waals surface area contributed by atoms with E-state index in [4.69, 9.17) is 9.47 Å². The molecule has 1 fully saturated rings. The van der Waals surface area contributed by atoms with E-state index in [1.807, 2.05) is 6.07 Å². The van der Waals surface area contributed by atoms with Crippen molar-refractivity contribution in [1.29, 1.82) is 0 Å². The fourth-order valence-electron chi connectivity index (χ4n) is 2.43. The van der Waals surface area contributed by atoms with E-state index in [1.165, 1.54) is 0 Å². The number of nitrogens with zero attached hydrogens (tertiary/aromatic N) is 2. The van der Waals surface area contributed by atoms with E-state index in [0.717, 1.165) is 41.5 Å². The Morgan fingerprint density at radius 2 is 2.45 bits per heavy atom. The topological polar surface area (TPSA) is 51.7 Å². The Bertz CT molecular complexity index is 478. The maximum absolute atomic E-state index is 12.5. The Morgan fingerprint density at radius 3 is 3.14 bits per heavy atom. The van der Waals surface area contributed by atoms with Gasteiger partial charge in [0.1, 0.15) is 0 Å². The van der Waals surface area contributed by atoms with Crippen molar-refractivity contribution in [3.8, 4) is 0 Å². The summed E-state index contributed by atoms with van der Waals surface area (Å²) >= 11 is 2.23. The summed E-state index contributed by atoms with van der Waals surface area (Å²) in [6.07, 6.45) is 7.19. The second-order valence-corrected chi connectivity index (χ2v) is 6.65. The van der Waals surface area contributed by atoms with Crippen LogP contribution < -0.4 is 4.90 Å². The van der Waals surface area contributed by atoms with E-state index in [1.54, 1.807) is 17.3 Å². The summed E-state index contributed by atoms with van der Waals surface area (Å²) in [6.45, 7) is 4.68. The Kier molecular flexibility index (Phi) is 7.38. The van der Waals surface area contributed by atoms with E-state index in [-0.39, 0.29) is 6.09 Å². The van der Waals surface area contributed by atoms with Crippen molar-refractivity contribution in [3.63, 3.8) is 0 Å². The van der Waals surface area contributed by atoms with Crippen LogP contribution in [0, 0.1) is 9.49 Å². The van der Waals surface area contributed by atoms with Gasteiger partial charge in [-0.2, -0.15) is 0 Å². The van der Waals surface area contributed by atoms with Crippen LogP contribution in [0.15, 0.2) is 18.5 Å². The average molecular weight is 418 g/mol. The molecule has 0 radical (unpaired) electrons. The minimum atomic E-state index is -0.287. The first-order chi connectivity index (χ1) is 10.7. The van der Waals surface area contributed by atoms with Crippen LogP contribution in [0.5, 0.6) is 0 Å². The van der Waals surface area contributed by atoms with Crippen LogP contribution in [0.25, 0.3) is 0 Å². The van der Waals surface area contributed by atoms with Crippen LogP contribution in [0.4, 0.5) is 10.5 Å². The molecule has 1 aliphatic rings. The van der Waals surface area contributed by atoms with Gasteiger partial charge in [-0.05, 0) is 47.9 Å². The van der Waals surface area contributed by atoms with Crippen LogP contribution in [-0.2, 0) is 9.47 Å². The van der Waals surface area contributed by atoms with Gasteiger partial charge in [0, 0.05) is 28.8 Å². The highest BCUT2D eigenvalue weighted by atomic mass is 127. The number of ether oxygens (including phenoxy) is 2. The highest BCUT2D eigenvalue weighted by molar-refractivity contribution is 14.1. The predicted molar refractivity (Wildman–Crippen MR) is 94.1 cm³/mol. The lowest BCUT2D eigenvalue weighted by molar-refractivity contribution is 0.0566. The standard InChI is InChI=1S/C16H23IN2O3/c1-2-3-9-22-16(20)19(11-13-5-4-8-21-12-13)15-10-18-7-6-14(15)17/h6-7,10,13H,2-5,8-9,11-12H2,1H3. The zero-order chi connectivity index (χ0) is 15.8. The molecule has 5 nitrogen and oxygen atoms in total. The quantitative estimate of drug-likeness (QED) is 0.520. The lowest BCUT2D eigenvalue weighted by Gasteiger charge is -2.29. The van der Waals surface area contributed by atoms with Crippen molar-refractivity contribution in [2.45, 2.75) is 32.6 Å². The van der Waals surface area contributed by atoms with Crippen molar-refractivity contribution in [1.82, 2.24) is 4.98 Å². The Hall–Kier alpha value is -0.890. The van der Waals surface area contributed by atoms with Gasteiger partial charge in [-0.15, -0.1) is 0 Å². The van der Waals surface area contributed by atoms with Gasteiger partial charge in [0.05, 0.1) is 25.1 Å². The average Bonchev–Trinajstić information content (AvgIpc) is 2.54. The molecule has 0 N–H and O–H groups in total. The zero-order valence-corrected chi connectivity index (χ0v) is 15.1. The fraction of sp³-hybridized carbons (Fsp3) is 0.625. The number of carbonyl (C=O) groups is 1. The fourth-order valence-corrected chi connectivity index (χ4v) is 3.02. The first-order valence-corrected chi connectivity index (χ1v) is 8.91. The summed E-state index contributed by atoms with van der Waals surface area (Å²) in [5.74, 6) is 0.350. The van der Waals surface area contributed by atoms with Gasteiger partial charge in [0.15, 0.2) is 0 Å². The number of aromatic nitrogens is 1. The first kappa shape index (κ1) is 17.5. The second-order valence-electron chi connectivity index (χ2n) is 5.49. The number of unbranched alkanes of at least 4 members (excludes halogenated alkanes) is 1. The number of hydrogen-bond donors (Lipinski definition) is 0. The van der Waals surface area contributed by atoms with Crippen LogP contribution in [0.3, 0.4) is 0 Å². The molecule has 2 heterocycles. The number of pyridine rings is 1. The van der Waals surface area contributed by atoms with Crippen molar-refractivity contribution < 1.29 is 14.3 Å². The molecule has 1 unspecified atom stereocenters. The molecule has 6 heteroatoms. The van der Waals surface area contributed by atoms with E-state index in [9.17, 15) is 4.79 Å². The summed E-state index contributed by atoms with van der Waals surface area (Å²) in [4.78, 5) is 18.3. The number of halogens is 1. The maximum Gasteiger partial charge on any atom is 0.414 e. The van der Waals surface area contributed by atoms with E-state index in [0.29, 0.717) is 25.7 Å². The molecular formula is C16H23IN2O3. The molecule has 1 atom stereocenters. The SMILES string of the molecule is CCCCOC(=O)N(CC1CCCOC1)c1cnccc1I. The second kappa shape index (κ2) is 9.29. The molecule has 1 aromatic heterocycles. The Labute approximate surface area is 145 Å². The van der Waals surface area contributed by atoms with E-state index in [2.05, 4.69) is 34.5 Å². The molecule has 1 aliphatic heterocycles. The Morgan fingerprint density at radius 1 is 1.59 bits per heavy atom. The number of hydrogen-bond acceptors (Lipinski definition) is 4. The molecule has 0 bridgehead atoms. The maximum atomic E-state index is 12.5. The molecule has 0 spiro atoms. The van der Waals surface area contributed by atoms with Crippen molar-refractivity contribution in [2.75, 3.05) is 31.3 Å². The monoisotopic (exact) mass is 418 g/mol. The van der Waals surface area contributed by atoms with E-state index < -0.39 is 0 Å². The molecule has 2 rings (SSSR count). The van der Waals surface area contributed by atoms with Gasteiger partial charge >= 0.3 is 6.09 Å². The lowest BCUT2D eigenvalue weighted by atomic mass is 10.0. The summed E-state index contributed by atoms with van der Waals surface area (Å²) in [5.41, 5.74) is 0.815. The third-order valence-electron chi connectivity index (χ3n) is 3.68. The van der Waals surface area contributed by atoms with Gasteiger partial charge < -0.3 is 9.47 Å². The largest absolute Gasteiger partial charge is 0.449 e. The summed E-state index contributed by atoms with van der Waals surface area (Å²) < 4.78 is 11.9. The lowest BCUT2D eigenvalue weighted by Crippen LogP contribution is -2.39. The normalized spacial score (nSPS) is 18.0. The van der Waals surface area contributed by atoms with Gasteiger partial charge in [-0.25, -0.2) is 4.79 Å². The van der Waals surface area contributed by atoms with E-state index >= 15 is 0 Å². The minimum absolute atomic E-state index is 0.287. The highest BCUT2D eigenvalue weighted by Crippen LogP contribution is 2.25. The molecule has 0 aliphatic carbocycles. The molecule has 1 saturated heterocycles. The number of amides is 1. The molecule has 0 saturated carbocycles. The third-order valence-corrected chi connectivity index (χ3v) is 4.59. The molecular weight excluding hydrogens is 395 g/mol. The molecule has 1 amide bonds. The zero-order valence-electron chi connectivity index (χ0n) is 13.0. The van der Waals surface area contributed by atoms with Gasteiger partial charge in [0.25, 0.3) is 0 Å². The van der Waals surface area contributed by atoms with Gasteiger partial charge in [-0.1, -0.05) is 13.3 Å². The van der Waals surface area contributed by atoms with Crippen LogP contribution in [0.2, 0.25) is 0 Å². The van der Waals surface area contributed by atoms with Gasteiger partial charge in [-0.3, -0.25) is 9.88 Å².